The molecule has 2 atom stereocenters. The molecular weight excluding hydrogens is 306 g/mol. The second kappa shape index (κ2) is 7.11. The van der Waals surface area contributed by atoms with E-state index < -0.39 is 0 Å². The molecule has 2 heterocycles. The molecular formula is C18H25N3O3. The number of hydrogen-bond donors (Lipinski definition) is 2. The summed E-state index contributed by atoms with van der Waals surface area (Å²) in [5.41, 5.74) is 1.60. The number of nitrogens with zero attached hydrogens (tertiary/aromatic N) is 1. The summed E-state index contributed by atoms with van der Waals surface area (Å²) >= 11 is 0. The number of benzene rings is 1. The van der Waals surface area contributed by atoms with E-state index >= 15 is 0 Å². The Hall–Kier alpha value is -2.24. The predicted molar refractivity (Wildman–Crippen MR) is 92.1 cm³/mol. The highest BCUT2D eigenvalue weighted by Gasteiger charge is 2.24. The lowest BCUT2D eigenvalue weighted by Gasteiger charge is -2.33. The van der Waals surface area contributed by atoms with Crippen LogP contribution in [0.5, 0.6) is 5.75 Å². The van der Waals surface area contributed by atoms with Crippen LogP contribution in [-0.4, -0.2) is 36.5 Å². The largest absolute Gasteiger partial charge is 0.482 e. The van der Waals surface area contributed by atoms with Crippen molar-refractivity contribution in [1.29, 1.82) is 0 Å². The highest BCUT2D eigenvalue weighted by molar-refractivity contribution is 5.95. The second-order valence-electron chi connectivity index (χ2n) is 6.63. The van der Waals surface area contributed by atoms with Crippen LogP contribution in [0.1, 0.15) is 44.7 Å². The maximum atomic E-state index is 12.5. The number of carbonyl (C=O) groups is 2. The van der Waals surface area contributed by atoms with Crippen molar-refractivity contribution < 1.29 is 14.3 Å². The van der Waals surface area contributed by atoms with E-state index in [9.17, 15) is 9.59 Å². The van der Waals surface area contributed by atoms with Crippen molar-refractivity contribution in [3.63, 3.8) is 0 Å². The van der Waals surface area contributed by atoms with Gasteiger partial charge in [-0.2, -0.15) is 0 Å². The van der Waals surface area contributed by atoms with Gasteiger partial charge in [0.25, 0.3) is 5.91 Å². The fraction of sp³-hybridized carbons (Fsp3) is 0.556. The second-order valence-corrected chi connectivity index (χ2v) is 6.63. The first-order valence-corrected chi connectivity index (χ1v) is 8.69. The van der Waals surface area contributed by atoms with Crippen LogP contribution in [0.2, 0.25) is 0 Å². The third kappa shape index (κ3) is 3.63. The van der Waals surface area contributed by atoms with E-state index in [1.165, 1.54) is 6.42 Å². The monoisotopic (exact) mass is 331 g/mol. The minimum absolute atomic E-state index is 0.0151. The van der Waals surface area contributed by atoms with Gasteiger partial charge in [0.2, 0.25) is 0 Å². The smallest absolute Gasteiger partial charge is 0.317 e. The van der Waals surface area contributed by atoms with Crippen molar-refractivity contribution in [1.82, 2.24) is 10.2 Å². The Kier molecular flexibility index (Phi) is 4.92. The Morgan fingerprint density at radius 3 is 3.12 bits per heavy atom. The van der Waals surface area contributed by atoms with Crippen molar-refractivity contribution in [2.45, 2.75) is 39.2 Å². The van der Waals surface area contributed by atoms with E-state index in [1.54, 1.807) is 0 Å². The van der Waals surface area contributed by atoms with Crippen LogP contribution >= 0.6 is 0 Å². The molecule has 0 spiro atoms. The molecule has 3 amide bonds. The molecule has 1 aromatic rings. The summed E-state index contributed by atoms with van der Waals surface area (Å²) in [6.07, 6.45) is 3.40. The minimum Gasteiger partial charge on any atom is -0.482 e. The predicted octanol–water partition coefficient (Wildman–Crippen LogP) is 2.91. The number of piperidine rings is 1. The molecule has 0 saturated carbocycles. The Labute approximate surface area is 142 Å². The van der Waals surface area contributed by atoms with Crippen LogP contribution in [0.4, 0.5) is 10.5 Å². The molecule has 24 heavy (non-hydrogen) atoms. The Morgan fingerprint density at radius 2 is 2.33 bits per heavy atom. The van der Waals surface area contributed by atoms with Crippen molar-refractivity contribution >= 4 is 17.6 Å². The maximum Gasteiger partial charge on any atom is 0.317 e. The molecule has 6 heteroatoms. The normalized spacial score (nSPS) is 21.3. The molecule has 0 aliphatic carbocycles. The molecule has 6 nitrogen and oxygen atoms in total. The molecule has 2 aliphatic heterocycles. The van der Waals surface area contributed by atoms with Crippen LogP contribution in [-0.2, 0) is 4.79 Å². The average Bonchev–Trinajstić information content (AvgIpc) is 2.61. The van der Waals surface area contributed by atoms with Crippen LogP contribution in [0.15, 0.2) is 18.2 Å². The van der Waals surface area contributed by atoms with Crippen LogP contribution in [0.3, 0.4) is 0 Å². The number of likely N-dealkylation sites (tertiary alicyclic amines) is 1. The maximum absolute atomic E-state index is 12.5. The number of ether oxygens (including phenoxy) is 1. The lowest BCUT2D eigenvalue weighted by atomic mass is 9.96. The molecule has 1 aromatic carbocycles. The number of hydrogen-bond acceptors (Lipinski definition) is 3. The molecule has 0 radical (unpaired) electrons. The number of nitrogens with one attached hydrogen (secondary N) is 2. The number of rotatable bonds is 3. The Balaban J connectivity index is 1.64. The topological polar surface area (TPSA) is 70.7 Å². The van der Waals surface area contributed by atoms with Gasteiger partial charge in [-0.15, -0.1) is 0 Å². The van der Waals surface area contributed by atoms with Gasteiger partial charge in [-0.05, 0) is 43.4 Å². The van der Waals surface area contributed by atoms with E-state index in [1.807, 2.05) is 30.0 Å². The van der Waals surface area contributed by atoms with Gasteiger partial charge < -0.3 is 20.3 Å². The molecule has 1 fully saturated rings. The van der Waals surface area contributed by atoms with Gasteiger partial charge in [-0.25, -0.2) is 4.79 Å². The first-order chi connectivity index (χ1) is 11.6. The van der Waals surface area contributed by atoms with Crippen molar-refractivity contribution in [2.75, 3.05) is 25.0 Å². The number of fused-ring (bicyclic) bond motifs is 1. The van der Waals surface area contributed by atoms with Gasteiger partial charge in [-0.3, -0.25) is 4.79 Å². The van der Waals surface area contributed by atoms with E-state index in [0.717, 1.165) is 31.5 Å². The third-order valence-electron chi connectivity index (χ3n) is 4.86. The van der Waals surface area contributed by atoms with Gasteiger partial charge in [-0.1, -0.05) is 19.4 Å². The summed E-state index contributed by atoms with van der Waals surface area (Å²) in [6.45, 7) is 5.84. The lowest BCUT2D eigenvalue weighted by Crippen LogP contribution is -2.46. The van der Waals surface area contributed by atoms with Gasteiger partial charge in [0, 0.05) is 13.1 Å². The lowest BCUT2D eigenvalue weighted by molar-refractivity contribution is -0.118. The molecule has 0 bridgehead atoms. The van der Waals surface area contributed by atoms with Crippen molar-refractivity contribution in [2.24, 2.45) is 5.92 Å². The molecule has 2 N–H and O–H groups in total. The zero-order valence-electron chi connectivity index (χ0n) is 14.3. The molecule has 3 rings (SSSR count). The quantitative estimate of drug-likeness (QED) is 0.894. The van der Waals surface area contributed by atoms with E-state index in [0.29, 0.717) is 17.4 Å². The van der Waals surface area contributed by atoms with Crippen LogP contribution in [0, 0.1) is 5.92 Å². The van der Waals surface area contributed by atoms with Crippen molar-refractivity contribution in [3.05, 3.63) is 23.8 Å². The van der Waals surface area contributed by atoms with Gasteiger partial charge in [0.15, 0.2) is 6.61 Å². The minimum atomic E-state index is -0.157. The SMILES string of the molecule is CC[C@@H]1CCCN(C(=O)N[C@H](C)c2ccc3c(c2)NC(=O)CO3)C1. The van der Waals surface area contributed by atoms with Gasteiger partial charge in [0.05, 0.1) is 11.7 Å². The summed E-state index contributed by atoms with van der Waals surface area (Å²) in [4.78, 5) is 25.9. The van der Waals surface area contributed by atoms with E-state index in [4.69, 9.17) is 4.74 Å². The van der Waals surface area contributed by atoms with Crippen LogP contribution in [0.25, 0.3) is 0 Å². The fourth-order valence-corrected chi connectivity index (χ4v) is 3.31. The van der Waals surface area contributed by atoms with E-state index in [-0.39, 0.29) is 24.6 Å². The molecule has 0 aromatic heterocycles. The molecule has 130 valence electrons. The molecule has 2 aliphatic rings. The fourth-order valence-electron chi connectivity index (χ4n) is 3.31. The first-order valence-electron chi connectivity index (χ1n) is 8.69. The van der Waals surface area contributed by atoms with Crippen LogP contribution < -0.4 is 15.4 Å². The molecule has 1 saturated heterocycles. The molecule has 0 unspecified atom stereocenters. The highest BCUT2D eigenvalue weighted by atomic mass is 16.5. The summed E-state index contributed by atoms with van der Waals surface area (Å²) in [5, 5.41) is 5.86. The van der Waals surface area contributed by atoms with E-state index in [2.05, 4.69) is 17.6 Å². The summed E-state index contributed by atoms with van der Waals surface area (Å²) in [7, 11) is 0. The Morgan fingerprint density at radius 1 is 1.50 bits per heavy atom. The summed E-state index contributed by atoms with van der Waals surface area (Å²) < 4.78 is 5.36. The Bertz CT molecular complexity index is 632. The van der Waals surface area contributed by atoms with Gasteiger partial charge in [0.1, 0.15) is 5.75 Å². The summed E-state index contributed by atoms with van der Waals surface area (Å²) in [5.74, 6) is 1.12. The third-order valence-corrected chi connectivity index (χ3v) is 4.86. The average molecular weight is 331 g/mol. The number of urea groups is 1. The number of amides is 3. The van der Waals surface area contributed by atoms with Gasteiger partial charge >= 0.3 is 6.03 Å². The number of carbonyl (C=O) groups excluding carboxylic acids is 2. The first kappa shape index (κ1) is 16.6. The van der Waals surface area contributed by atoms with Crippen molar-refractivity contribution in [3.8, 4) is 5.75 Å². The zero-order chi connectivity index (χ0) is 17.1. The highest BCUT2D eigenvalue weighted by Crippen LogP contribution is 2.30. The number of anilines is 1. The standard InChI is InChI=1S/C18H25N3O3/c1-3-13-5-4-8-21(10-13)18(23)19-12(2)14-6-7-16-15(9-14)20-17(22)11-24-16/h6-7,9,12-13H,3-5,8,10-11H2,1-2H3,(H,19,23)(H,20,22)/t12-,13-/m1/s1. The zero-order valence-corrected chi connectivity index (χ0v) is 14.3. The summed E-state index contributed by atoms with van der Waals surface area (Å²) in [6, 6.07) is 5.47.